The molecule has 0 aromatic heterocycles. The monoisotopic (exact) mass is 246 g/mol. The molecule has 1 aromatic carbocycles. The zero-order chi connectivity index (χ0) is 13.3. The van der Waals surface area contributed by atoms with Crippen molar-refractivity contribution >= 4 is 11.6 Å². The molecular weight excluding hydrogens is 232 g/mol. The Hall–Kier alpha value is -2.06. The summed E-state index contributed by atoms with van der Waals surface area (Å²) in [5.74, 6) is 0.290. The molecule has 1 heterocycles. The molecule has 0 atom stereocenters. The normalized spacial score (nSPS) is 16.8. The second-order valence-electron chi connectivity index (χ2n) is 4.62. The fourth-order valence-corrected chi connectivity index (χ4v) is 1.94. The molecule has 0 radical (unpaired) electrons. The summed E-state index contributed by atoms with van der Waals surface area (Å²) in [5, 5.41) is 17.9. The summed E-state index contributed by atoms with van der Waals surface area (Å²) in [7, 11) is 0. The Morgan fingerprint density at radius 2 is 2.22 bits per heavy atom. The molecule has 0 aliphatic carbocycles. The van der Waals surface area contributed by atoms with Crippen LogP contribution in [0.25, 0.3) is 0 Å². The molecule has 5 heteroatoms. The molecule has 1 N–H and O–H groups in total. The van der Waals surface area contributed by atoms with E-state index in [1.54, 1.807) is 32.0 Å². The van der Waals surface area contributed by atoms with Crippen LogP contribution in [0.2, 0.25) is 0 Å². The Morgan fingerprint density at radius 1 is 1.50 bits per heavy atom. The van der Waals surface area contributed by atoms with Crippen LogP contribution < -0.4 is 9.64 Å². The van der Waals surface area contributed by atoms with Crippen LogP contribution in [0.3, 0.4) is 0 Å². The van der Waals surface area contributed by atoms with E-state index in [4.69, 9.17) is 15.1 Å². The number of carbonyl (C=O) groups excluding carboxylic acids is 1. The topological polar surface area (TPSA) is 73.6 Å². The van der Waals surface area contributed by atoms with Gasteiger partial charge in [-0.2, -0.15) is 5.26 Å². The lowest BCUT2D eigenvalue weighted by molar-refractivity contribution is -0.132. The van der Waals surface area contributed by atoms with E-state index < -0.39 is 5.60 Å². The highest BCUT2D eigenvalue weighted by molar-refractivity contribution is 6.02. The Labute approximate surface area is 105 Å². The highest BCUT2D eigenvalue weighted by atomic mass is 16.5. The molecule has 1 aliphatic heterocycles. The molecule has 0 saturated heterocycles. The van der Waals surface area contributed by atoms with Crippen LogP contribution in [-0.2, 0) is 11.4 Å². The molecule has 5 nitrogen and oxygen atoms in total. The van der Waals surface area contributed by atoms with Crippen LogP contribution in [-0.4, -0.2) is 23.2 Å². The quantitative estimate of drug-likeness (QED) is 0.796. The number of fused-ring (bicyclic) bond motifs is 1. The van der Waals surface area contributed by atoms with E-state index in [1.807, 2.05) is 6.07 Å². The minimum absolute atomic E-state index is 0.0342. The third-order valence-electron chi connectivity index (χ3n) is 2.85. The molecule has 0 saturated carbocycles. The van der Waals surface area contributed by atoms with Crippen LogP contribution in [0, 0.1) is 11.3 Å². The van der Waals surface area contributed by atoms with Crippen molar-refractivity contribution in [2.24, 2.45) is 0 Å². The number of amides is 1. The van der Waals surface area contributed by atoms with E-state index in [9.17, 15) is 4.79 Å². The predicted molar refractivity (Wildman–Crippen MR) is 65.0 cm³/mol. The van der Waals surface area contributed by atoms with Crippen molar-refractivity contribution in [1.82, 2.24) is 0 Å². The molecule has 0 spiro atoms. The summed E-state index contributed by atoms with van der Waals surface area (Å²) in [6.07, 6.45) is 0. The minimum atomic E-state index is -0.982. The smallest absolute Gasteiger partial charge is 0.271 e. The summed E-state index contributed by atoms with van der Waals surface area (Å²) >= 11 is 0. The van der Waals surface area contributed by atoms with Gasteiger partial charge in [0, 0.05) is 0 Å². The third-order valence-corrected chi connectivity index (χ3v) is 2.85. The Kier molecular flexibility index (Phi) is 2.97. The summed E-state index contributed by atoms with van der Waals surface area (Å²) in [4.78, 5) is 13.6. The first-order valence-corrected chi connectivity index (χ1v) is 5.61. The molecule has 2 rings (SSSR count). The minimum Gasteiger partial charge on any atom is -0.476 e. The first kappa shape index (κ1) is 12.4. The van der Waals surface area contributed by atoms with E-state index in [0.717, 1.165) is 0 Å². The van der Waals surface area contributed by atoms with Gasteiger partial charge in [0.1, 0.15) is 12.3 Å². The van der Waals surface area contributed by atoms with Gasteiger partial charge in [-0.3, -0.25) is 9.69 Å². The van der Waals surface area contributed by atoms with Gasteiger partial charge in [0.2, 0.25) is 0 Å². The largest absolute Gasteiger partial charge is 0.476 e. The van der Waals surface area contributed by atoms with E-state index in [0.29, 0.717) is 17.0 Å². The van der Waals surface area contributed by atoms with Gasteiger partial charge < -0.3 is 9.84 Å². The number of anilines is 1. The van der Waals surface area contributed by atoms with Crippen molar-refractivity contribution in [3.05, 3.63) is 23.8 Å². The fraction of sp³-hybridized carbons (Fsp3) is 0.385. The van der Waals surface area contributed by atoms with Gasteiger partial charge in [0.25, 0.3) is 5.91 Å². The highest BCUT2D eigenvalue weighted by Gasteiger charge is 2.40. The lowest BCUT2D eigenvalue weighted by Gasteiger charge is -2.37. The van der Waals surface area contributed by atoms with Crippen LogP contribution in [0.5, 0.6) is 5.75 Å². The standard InChI is InChI=1S/C13H14N2O3/c1-13(2)12(17)15(6-5-14)10-7-9(8-16)3-4-11(10)18-13/h3-4,7,16H,6,8H2,1-2H3. The number of carbonyl (C=O) groups is 1. The third kappa shape index (κ3) is 1.91. The zero-order valence-electron chi connectivity index (χ0n) is 10.3. The van der Waals surface area contributed by atoms with Crippen LogP contribution >= 0.6 is 0 Å². The number of nitrogens with zero attached hydrogens (tertiary/aromatic N) is 2. The van der Waals surface area contributed by atoms with Crippen LogP contribution in [0.4, 0.5) is 5.69 Å². The molecule has 94 valence electrons. The van der Waals surface area contributed by atoms with Gasteiger partial charge >= 0.3 is 0 Å². The fourth-order valence-electron chi connectivity index (χ4n) is 1.94. The molecule has 0 unspecified atom stereocenters. The summed E-state index contributed by atoms with van der Waals surface area (Å²) in [6.45, 7) is 3.18. The number of hydrogen-bond donors (Lipinski definition) is 1. The lowest BCUT2D eigenvalue weighted by Crippen LogP contribution is -2.52. The number of benzene rings is 1. The van der Waals surface area contributed by atoms with Gasteiger partial charge in [-0.05, 0) is 31.5 Å². The van der Waals surface area contributed by atoms with E-state index in [-0.39, 0.29) is 19.1 Å². The van der Waals surface area contributed by atoms with Crippen molar-refractivity contribution < 1.29 is 14.6 Å². The maximum absolute atomic E-state index is 12.2. The first-order chi connectivity index (χ1) is 8.49. The lowest BCUT2D eigenvalue weighted by atomic mass is 10.0. The second kappa shape index (κ2) is 4.31. The summed E-state index contributed by atoms with van der Waals surface area (Å²) < 4.78 is 5.63. The first-order valence-electron chi connectivity index (χ1n) is 5.61. The van der Waals surface area contributed by atoms with Gasteiger partial charge in [-0.25, -0.2) is 0 Å². The average Bonchev–Trinajstić information content (AvgIpc) is 2.34. The molecule has 1 aliphatic rings. The number of hydrogen-bond acceptors (Lipinski definition) is 4. The number of nitriles is 1. The SMILES string of the molecule is CC1(C)Oc2ccc(CO)cc2N(CC#N)C1=O. The summed E-state index contributed by atoms with van der Waals surface area (Å²) in [5.41, 5.74) is 0.227. The molecule has 18 heavy (non-hydrogen) atoms. The van der Waals surface area contributed by atoms with Gasteiger partial charge in [-0.15, -0.1) is 0 Å². The van der Waals surface area contributed by atoms with E-state index in [2.05, 4.69) is 0 Å². The summed E-state index contributed by atoms with van der Waals surface area (Å²) in [6, 6.07) is 7.08. The molecule has 0 fully saturated rings. The predicted octanol–water partition coefficient (Wildman–Crippen LogP) is 1.21. The van der Waals surface area contributed by atoms with Crippen molar-refractivity contribution in [2.75, 3.05) is 11.4 Å². The van der Waals surface area contributed by atoms with Crippen LogP contribution in [0.15, 0.2) is 18.2 Å². The zero-order valence-corrected chi connectivity index (χ0v) is 10.3. The highest BCUT2D eigenvalue weighted by Crippen LogP contribution is 2.38. The van der Waals surface area contributed by atoms with Crippen molar-refractivity contribution in [2.45, 2.75) is 26.1 Å². The Morgan fingerprint density at radius 3 is 2.83 bits per heavy atom. The number of aliphatic hydroxyl groups is 1. The maximum atomic E-state index is 12.2. The van der Waals surface area contributed by atoms with Crippen molar-refractivity contribution in [3.8, 4) is 11.8 Å². The van der Waals surface area contributed by atoms with Gasteiger partial charge in [0.05, 0.1) is 18.4 Å². The molecular formula is C13H14N2O3. The van der Waals surface area contributed by atoms with Crippen molar-refractivity contribution in [3.63, 3.8) is 0 Å². The Balaban J connectivity index is 2.53. The number of ether oxygens (including phenoxy) is 1. The number of aliphatic hydroxyl groups excluding tert-OH is 1. The van der Waals surface area contributed by atoms with E-state index in [1.165, 1.54) is 4.90 Å². The van der Waals surface area contributed by atoms with Gasteiger partial charge in [-0.1, -0.05) is 6.07 Å². The van der Waals surface area contributed by atoms with Crippen LogP contribution in [0.1, 0.15) is 19.4 Å². The average molecular weight is 246 g/mol. The van der Waals surface area contributed by atoms with Crippen molar-refractivity contribution in [1.29, 1.82) is 5.26 Å². The maximum Gasteiger partial charge on any atom is 0.271 e. The molecule has 1 aromatic rings. The number of rotatable bonds is 2. The second-order valence-corrected chi connectivity index (χ2v) is 4.62. The van der Waals surface area contributed by atoms with E-state index >= 15 is 0 Å². The Bertz CT molecular complexity index is 532. The van der Waals surface area contributed by atoms with Gasteiger partial charge in [0.15, 0.2) is 5.60 Å². The molecule has 0 bridgehead atoms. The molecule has 1 amide bonds.